The van der Waals surface area contributed by atoms with Crippen molar-refractivity contribution < 1.29 is 9.53 Å². The first-order valence-electron chi connectivity index (χ1n) is 8.44. The van der Waals surface area contributed by atoms with E-state index in [1.54, 1.807) is 6.20 Å². The van der Waals surface area contributed by atoms with Crippen molar-refractivity contribution in [3.8, 4) is 0 Å². The number of rotatable bonds is 9. The van der Waals surface area contributed by atoms with Crippen molar-refractivity contribution in [1.29, 1.82) is 0 Å². The van der Waals surface area contributed by atoms with Crippen molar-refractivity contribution in [1.82, 2.24) is 25.1 Å². The molecule has 1 saturated heterocycles. The number of hydrogen-bond donors (Lipinski definition) is 2. The molecule has 0 saturated carbocycles. The number of carbonyl (C=O) groups is 1. The fraction of sp³-hybridized carbons (Fsp3) is 0.688. The molecule has 8 heteroatoms. The van der Waals surface area contributed by atoms with E-state index in [2.05, 4.69) is 30.4 Å². The van der Waals surface area contributed by atoms with E-state index in [4.69, 9.17) is 4.74 Å². The highest BCUT2D eigenvalue weighted by atomic mass is 16.5. The molecule has 0 unspecified atom stereocenters. The number of carbonyl (C=O) groups excluding carboxylic acids is 1. The van der Waals surface area contributed by atoms with Gasteiger partial charge in [0.1, 0.15) is 11.5 Å². The monoisotopic (exact) mass is 336 g/mol. The maximum absolute atomic E-state index is 12.0. The van der Waals surface area contributed by atoms with Crippen LogP contribution in [0.4, 0.5) is 5.82 Å². The molecule has 2 rings (SSSR count). The number of hydrogen-bond acceptors (Lipinski definition) is 7. The van der Waals surface area contributed by atoms with E-state index in [9.17, 15) is 4.79 Å². The van der Waals surface area contributed by atoms with Gasteiger partial charge in [-0.25, -0.2) is 9.97 Å². The van der Waals surface area contributed by atoms with Gasteiger partial charge in [-0.2, -0.15) is 0 Å². The average molecular weight is 336 g/mol. The molecular formula is C16H28N6O2. The number of nitrogens with one attached hydrogen (secondary N) is 2. The van der Waals surface area contributed by atoms with Gasteiger partial charge < -0.3 is 20.3 Å². The molecule has 1 aromatic heterocycles. The lowest BCUT2D eigenvalue weighted by Gasteiger charge is -2.26. The molecule has 0 atom stereocenters. The smallest absolute Gasteiger partial charge is 0.271 e. The highest BCUT2D eigenvalue weighted by molar-refractivity contribution is 5.91. The van der Waals surface area contributed by atoms with Gasteiger partial charge >= 0.3 is 0 Å². The Kier molecular flexibility index (Phi) is 7.87. The Hall–Kier alpha value is -1.77. The number of morpholine rings is 1. The van der Waals surface area contributed by atoms with Gasteiger partial charge in [0.15, 0.2) is 0 Å². The maximum Gasteiger partial charge on any atom is 0.271 e. The summed E-state index contributed by atoms with van der Waals surface area (Å²) in [5.74, 6) is 0.508. The van der Waals surface area contributed by atoms with Gasteiger partial charge in [-0.15, -0.1) is 0 Å². The molecule has 134 valence electrons. The van der Waals surface area contributed by atoms with E-state index in [-0.39, 0.29) is 5.91 Å². The fourth-order valence-electron chi connectivity index (χ4n) is 2.39. The third-order valence-electron chi connectivity index (χ3n) is 3.79. The molecule has 0 radical (unpaired) electrons. The van der Waals surface area contributed by atoms with Crippen LogP contribution in [0.1, 0.15) is 16.9 Å². The highest BCUT2D eigenvalue weighted by Gasteiger charge is 2.10. The van der Waals surface area contributed by atoms with Crippen LogP contribution in [-0.2, 0) is 4.74 Å². The standard InChI is InChI=1S/C16H28N6O2/c1-21(2)6-3-4-18-16(23)14-12-20-15(13-19-14)17-5-7-22-8-10-24-11-9-22/h12-13H,3-11H2,1-2H3,(H,17,20)(H,18,23). The lowest BCUT2D eigenvalue weighted by Crippen LogP contribution is -2.39. The Morgan fingerprint density at radius 3 is 2.71 bits per heavy atom. The molecule has 1 aromatic rings. The largest absolute Gasteiger partial charge is 0.379 e. The highest BCUT2D eigenvalue weighted by Crippen LogP contribution is 2.02. The van der Waals surface area contributed by atoms with Crippen LogP contribution in [0.15, 0.2) is 12.4 Å². The zero-order chi connectivity index (χ0) is 17.2. The summed E-state index contributed by atoms with van der Waals surface area (Å²) in [7, 11) is 4.02. The van der Waals surface area contributed by atoms with E-state index in [0.717, 1.165) is 52.4 Å². The maximum atomic E-state index is 12.0. The van der Waals surface area contributed by atoms with E-state index >= 15 is 0 Å². The molecule has 1 aliphatic rings. The second-order valence-electron chi connectivity index (χ2n) is 6.08. The summed E-state index contributed by atoms with van der Waals surface area (Å²) in [6.45, 7) is 6.87. The molecular weight excluding hydrogens is 308 g/mol. The summed E-state index contributed by atoms with van der Waals surface area (Å²) in [6, 6.07) is 0. The summed E-state index contributed by atoms with van der Waals surface area (Å²) in [6.07, 6.45) is 4.03. The average Bonchev–Trinajstić information content (AvgIpc) is 2.60. The second-order valence-corrected chi connectivity index (χ2v) is 6.08. The minimum atomic E-state index is -0.180. The van der Waals surface area contributed by atoms with Crippen molar-refractivity contribution in [3.05, 3.63) is 18.1 Å². The molecule has 2 heterocycles. The lowest BCUT2D eigenvalue weighted by atomic mass is 10.3. The molecule has 1 amide bonds. The molecule has 8 nitrogen and oxygen atoms in total. The predicted molar refractivity (Wildman–Crippen MR) is 93.3 cm³/mol. The molecule has 0 aliphatic carbocycles. The normalized spacial score (nSPS) is 15.5. The number of ether oxygens (including phenoxy) is 1. The van der Waals surface area contributed by atoms with E-state index in [1.807, 2.05) is 14.1 Å². The van der Waals surface area contributed by atoms with Gasteiger partial charge in [-0.3, -0.25) is 9.69 Å². The molecule has 1 fully saturated rings. The zero-order valence-electron chi connectivity index (χ0n) is 14.6. The Morgan fingerprint density at radius 1 is 1.25 bits per heavy atom. The van der Waals surface area contributed by atoms with Gasteiger partial charge in [0, 0.05) is 32.7 Å². The molecule has 0 bridgehead atoms. The number of anilines is 1. The first kappa shape index (κ1) is 18.6. The van der Waals surface area contributed by atoms with Crippen molar-refractivity contribution in [2.24, 2.45) is 0 Å². The molecule has 0 spiro atoms. The SMILES string of the molecule is CN(C)CCCNC(=O)c1cnc(NCCN2CCOCC2)cn1. The van der Waals surface area contributed by atoms with Crippen LogP contribution in [0.5, 0.6) is 0 Å². The topological polar surface area (TPSA) is 82.6 Å². The van der Waals surface area contributed by atoms with Crippen molar-refractivity contribution in [3.63, 3.8) is 0 Å². The van der Waals surface area contributed by atoms with Crippen molar-refractivity contribution in [2.45, 2.75) is 6.42 Å². The quantitative estimate of drug-likeness (QED) is 0.610. The Morgan fingerprint density at radius 2 is 2.04 bits per heavy atom. The summed E-state index contributed by atoms with van der Waals surface area (Å²) in [4.78, 5) is 24.8. The molecule has 0 aromatic carbocycles. The summed E-state index contributed by atoms with van der Waals surface area (Å²) < 4.78 is 5.32. The first-order chi connectivity index (χ1) is 11.6. The van der Waals surface area contributed by atoms with Gasteiger partial charge in [-0.1, -0.05) is 0 Å². The van der Waals surface area contributed by atoms with Crippen LogP contribution in [0.25, 0.3) is 0 Å². The zero-order valence-corrected chi connectivity index (χ0v) is 14.6. The van der Waals surface area contributed by atoms with Crippen LogP contribution in [0, 0.1) is 0 Å². The molecule has 24 heavy (non-hydrogen) atoms. The summed E-state index contributed by atoms with van der Waals surface area (Å²) in [5.41, 5.74) is 0.346. The Balaban J connectivity index is 1.66. The minimum absolute atomic E-state index is 0.180. The van der Waals surface area contributed by atoms with Crippen LogP contribution >= 0.6 is 0 Å². The Labute approximate surface area is 143 Å². The predicted octanol–water partition coefficient (Wildman–Crippen LogP) is -0.0978. The van der Waals surface area contributed by atoms with Crippen molar-refractivity contribution >= 4 is 11.7 Å². The first-order valence-corrected chi connectivity index (χ1v) is 8.44. The lowest BCUT2D eigenvalue weighted by molar-refractivity contribution is 0.0398. The minimum Gasteiger partial charge on any atom is -0.379 e. The Bertz CT molecular complexity index is 488. The van der Waals surface area contributed by atoms with Crippen LogP contribution < -0.4 is 10.6 Å². The number of amides is 1. The van der Waals surface area contributed by atoms with E-state index < -0.39 is 0 Å². The number of nitrogens with zero attached hydrogens (tertiary/aromatic N) is 4. The third-order valence-corrected chi connectivity index (χ3v) is 3.79. The van der Waals surface area contributed by atoms with Gasteiger partial charge in [0.2, 0.25) is 0 Å². The van der Waals surface area contributed by atoms with Crippen molar-refractivity contribution in [2.75, 3.05) is 71.9 Å². The van der Waals surface area contributed by atoms with E-state index in [0.29, 0.717) is 18.1 Å². The third kappa shape index (κ3) is 6.77. The summed E-state index contributed by atoms with van der Waals surface area (Å²) in [5, 5.41) is 6.08. The van der Waals surface area contributed by atoms with Gasteiger partial charge in [0.25, 0.3) is 5.91 Å². The van der Waals surface area contributed by atoms with Crippen LogP contribution in [0.2, 0.25) is 0 Å². The van der Waals surface area contributed by atoms with E-state index in [1.165, 1.54) is 6.20 Å². The molecule has 1 aliphatic heterocycles. The molecule has 2 N–H and O–H groups in total. The van der Waals surface area contributed by atoms with Crippen LogP contribution in [-0.4, -0.2) is 92.3 Å². The van der Waals surface area contributed by atoms with Gasteiger partial charge in [0.05, 0.1) is 25.6 Å². The van der Waals surface area contributed by atoms with Gasteiger partial charge in [-0.05, 0) is 27.1 Å². The fourth-order valence-corrected chi connectivity index (χ4v) is 2.39. The van der Waals surface area contributed by atoms with Crippen LogP contribution in [0.3, 0.4) is 0 Å². The number of aromatic nitrogens is 2. The second kappa shape index (κ2) is 10.2. The summed E-state index contributed by atoms with van der Waals surface area (Å²) >= 11 is 0.